The second-order valence-electron chi connectivity index (χ2n) is 7.42. The van der Waals surface area contributed by atoms with Crippen LogP contribution in [0.5, 0.6) is 0 Å². The Bertz CT molecular complexity index is 1100. The van der Waals surface area contributed by atoms with E-state index in [4.69, 9.17) is 0 Å². The standard InChI is InChI=1S/C25H24N2O2S/c1-18-16-21(19(2)27(18)22-13-7-4-8-14-22)17-23-24(28)26(25(29)30-23)15-9-12-20-10-5-3-6-11-20/h3-8,10-11,13-14,16-17H,9,12,15H2,1-2H3/b23-17-. The molecule has 0 N–H and O–H groups in total. The molecule has 152 valence electrons. The number of hydrogen-bond donors (Lipinski definition) is 0. The van der Waals surface area contributed by atoms with Crippen LogP contribution in [0.2, 0.25) is 0 Å². The number of benzene rings is 2. The van der Waals surface area contributed by atoms with Gasteiger partial charge in [0.2, 0.25) is 0 Å². The van der Waals surface area contributed by atoms with Gasteiger partial charge in [-0.3, -0.25) is 14.5 Å². The molecule has 4 rings (SSSR count). The molecule has 1 saturated heterocycles. The minimum atomic E-state index is -0.192. The van der Waals surface area contributed by atoms with Crippen molar-refractivity contribution < 1.29 is 9.59 Å². The van der Waals surface area contributed by atoms with Crippen LogP contribution in [0.1, 0.15) is 28.9 Å². The molecule has 2 aromatic carbocycles. The Morgan fingerprint density at radius 2 is 1.60 bits per heavy atom. The molecule has 0 aliphatic carbocycles. The predicted octanol–water partition coefficient (Wildman–Crippen LogP) is 5.76. The number of carbonyl (C=O) groups excluding carboxylic acids is 2. The molecular weight excluding hydrogens is 392 g/mol. The summed E-state index contributed by atoms with van der Waals surface area (Å²) in [5.41, 5.74) is 5.40. The molecule has 0 radical (unpaired) electrons. The van der Waals surface area contributed by atoms with Crippen LogP contribution in [0.25, 0.3) is 11.8 Å². The lowest BCUT2D eigenvalue weighted by Crippen LogP contribution is -2.29. The molecule has 2 amide bonds. The van der Waals surface area contributed by atoms with Gasteiger partial charge in [0.1, 0.15) is 0 Å². The second kappa shape index (κ2) is 8.76. The smallest absolute Gasteiger partial charge is 0.293 e. The van der Waals surface area contributed by atoms with E-state index in [-0.39, 0.29) is 11.1 Å². The van der Waals surface area contributed by atoms with Crippen LogP contribution >= 0.6 is 11.8 Å². The SMILES string of the molecule is Cc1cc(/C=C2\SC(=O)N(CCCc3ccccc3)C2=O)c(C)n1-c1ccccc1. The molecule has 1 aliphatic heterocycles. The molecule has 1 aliphatic rings. The fourth-order valence-corrected chi connectivity index (χ4v) is 4.68. The molecular formula is C25H24N2O2S. The maximum atomic E-state index is 12.8. The minimum absolute atomic E-state index is 0.184. The van der Waals surface area contributed by atoms with Crippen LogP contribution in [-0.4, -0.2) is 27.2 Å². The summed E-state index contributed by atoms with van der Waals surface area (Å²) in [5.74, 6) is -0.192. The van der Waals surface area contributed by atoms with Crippen molar-refractivity contribution in [3.05, 3.63) is 94.1 Å². The number of aryl methyl sites for hydroxylation is 2. The van der Waals surface area contributed by atoms with Crippen molar-refractivity contribution in [3.8, 4) is 5.69 Å². The highest BCUT2D eigenvalue weighted by Gasteiger charge is 2.34. The van der Waals surface area contributed by atoms with E-state index < -0.39 is 0 Å². The third kappa shape index (κ3) is 4.12. The highest BCUT2D eigenvalue weighted by Crippen LogP contribution is 2.34. The van der Waals surface area contributed by atoms with Gasteiger partial charge in [0.15, 0.2) is 0 Å². The van der Waals surface area contributed by atoms with Gasteiger partial charge in [-0.05, 0) is 73.9 Å². The van der Waals surface area contributed by atoms with Crippen LogP contribution in [0.3, 0.4) is 0 Å². The summed E-state index contributed by atoms with van der Waals surface area (Å²) in [4.78, 5) is 27.1. The highest BCUT2D eigenvalue weighted by molar-refractivity contribution is 8.18. The van der Waals surface area contributed by atoms with Crippen molar-refractivity contribution in [1.29, 1.82) is 0 Å². The van der Waals surface area contributed by atoms with Crippen LogP contribution in [0.4, 0.5) is 4.79 Å². The normalized spacial score (nSPS) is 15.4. The Hall–Kier alpha value is -3.05. The molecule has 0 spiro atoms. The maximum Gasteiger partial charge on any atom is 0.293 e. The minimum Gasteiger partial charge on any atom is -0.318 e. The first-order valence-corrected chi connectivity index (χ1v) is 10.9. The molecule has 1 fully saturated rings. The Morgan fingerprint density at radius 3 is 2.30 bits per heavy atom. The number of hydrogen-bond acceptors (Lipinski definition) is 3. The lowest BCUT2D eigenvalue weighted by Gasteiger charge is -2.12. The number of thioether (sulfide) groups is 1. The third-order valence-corrected chi connectivity index (χ3v) is 6.24. The van der Waals surface area contributed by atoms with Crippen molar-refractivity contribution >= 4 is 29.0 Å². The fourth-order valence-electron chi connectivity index (χ4n) is 3.83. The van der Waals surface area contributed by atoms with E-state index in [2.05, 4.69) is 34.9 Å². The lowest BCUT2D eigenvalue weighted by molar-refractivity contribution is -0.122. The Balaban J connectivity index is 1.50. The van der Waals surface area contributed by atoms with Crippen LogP contribution < -0.4 is 0 Å². The maximum absolute atomic E-state index is 12.8. The van der Waals surface area contributed by atoms with E-state index in [0.29, 0.717) is 11.4 Å². The molecule has 4 nitrogen and oxygen atoms in total. The van der Waals surface area contributed by atoms with Crippen molar-refractivity contribution in [2.45, 2.75) is 26.7 Å². The van der Waals surface area contributed by atoms with Crippen molar-refractivity contribution in [2.24, 2.45) is 0 Å². The van der Waals surface area contributed by atoms with E-state index in [1.165, 1.54) is 10.5 Å². The monoisotopic (exact) mass is 416 g/mol. The summed E-state index contributed by atoms with van der Waals surface area (Å²) in [7, 11) is 0. The summed E-state index contributed by atoms with van der Waals surface area (Å²) in [6.07, 6.45) is 3.46. The van der Waals surface area contributed by atoms with Gasteiger partial charge in [-0.2, -0.15) is 0 Å². The van der Waals surface area contributed by atoms with E-state index in [0.717, 1.165) is 47.2 Å². The largest absolute Gasteiger partial charge is 0.318 e. The van der Waals surface area contributed by atoms with Gasteiger partial charge >= 0.3 is 0 Å². The summed E-state index contributed by atoms with van der Waals surface area (Å²) in [6, 6.07) is 22.3. The van der Waals surface area contributed by atoms with Crippen molar-refractivity contribution in [1.82, 2.24) is 9.47 Å². The summed E-state index contributed by atoms with van der Waals surface area (Å²) in [5, 5.41) is -0.184. The van der Waals surface area contributed by atoms with Crippen LogP contribution in [0, 0.1) is 13.8 Å². The highest BCUT2D eigenvalue weighted by atomic mass is 32.2. The van der Waals surface area contributed by atoms with E-state index in [9.17, 15) is 9.59 Å². The zero-order valence-electron chi connectivity index (χ0n) is 17.2. The van der Waals surface area contributed by atoms with Gasteiger partial charge in [-0.25, -0.2) is 0 Å². The Labute approximate surface area is 181 Å². The average Bonchev–Trinajstić information content (AvgIpc) is 3.18. The van der Waals surface area contributed by atoms with Gasteiger partial charge in [-0.1, -0.05) is 48.5 Å². The second-order valence-corrected chi connectivity index (χ2v) is 8.41. The zero-order valence-corrected chi connectivity index (χ0v) is 18.0. The molecule has 0 atom stereocenters. The van der Waals surface area contributed by atoms with E-state index >= 15 is 0 Å². The third-order valence-electron chi connectivity index (χ3n) is 5.33. The topological polar surface area (TPSA) is 42.3 Å². The molecule has 2 heterocycles. The molecule has 30 heavy (non-hydrogen) atoms. The van der Waals surface area contributed by atoms with Gasteiger partial charge in [-0.15, -0.1) is 0 Å². The Kier molecular flexibility index (Phi) is 5.91. The molecule has 0 bridgehead atoms. The molecule has 0 saturated carbocycles. The van der Waals surface area contributed by atoms with Crippen LogP contribution in [-0.2, 0) is 11.2 Å². The van der Waals surface area contributed by atoms with Gasteiger partial charge in [0, 0.05) is 23.6 Å². The summed E-state index contributed by atoms with van der Waals surface area (Å²) >= 11 is 1.03. The van der Waals surface area contributed by atoms with Crippen molar-refractivity contribution in [3.63, 3.8) is 0 Å². The first kappa shape index (κ1) is 20.2. The first-order chi connectivity index (χ1) is 14.5. The number of rotatable bonds is 6. The predicted molar refractivity (Wildman–Crippen MR) is 123 cm³/mol. The number of aromatic nitrogens is 1. The molecule has 3 aromatic rings. The molecule has 1 aromatic heterocycles. The molecule has 5 heteroatoms. The average molecular weight is 417 g/mol. The lowest BCUT2D eigenvalue weighted by atomic mass is 10.1. The first-order valence-electron chi connectivity index (χ1n) is 10.1. The summed E-state index contributed by atoms with van der Waals surface area (Å²) in [6.45, 7) is 4.53. The number of para-hydroxylation sites is 1. The number of nitrogens with zero attached hydrogens (tertiary/aromatic N) is 2. The van der Waals surface area contributed by atoms with Gasteiger partial charge in [0.05, 0.1) is 4.91 Å². The Morgan fingerprint density at radius 1 is 0.933 bits per heavy atom. The molecule has 0 unspecified atom stereocenters. The van der Waals surface area contributed by atoms with Crippen LogP contribution in [0.15, 0.2) is 71.6 Å². The van der Waals surface area contributed by atoms with Gasteiger partial charge in [0.25, 0.3) is 11.1 Å². The quantitative estimate of drug-likeness (QED) is 0.480. The van der Waals surface area contributed by atoms with E-state index in [1.807, 2.05) is 56.3 Å². The summed E-state index contributed by atoms with van der Waals surface area (Å²) < 4.78 is 2.16. The fraction of sp³-hybridized carbons (Fsp3) is 0.200. The van der Waals surface area contributed by atoms with E-state index in [1.54, 1.807) is 0 Å². The number of carbonyl (C=O) groups is 2. The number of imide groups is 1. The zero-order chi connectivity index (χ0) is 21.1. The van der Waals surface area contributed by atoms with Crippen molar-refractivity contribution in [2.75, 3.05) is 6.54 Å². The number of amides is 2. The van der Waals surface area contributed by atoms with Gasteiger partial charge < -0.3 is 4.57 Å².